The van der Waals surface area contributed by atoms with Gasteiger partial charge in [-0.15, -0.1) is 0 Å². The van der Waals surface area contributed by atoms with Crippen LogP contribution in [-0.4, -0.2) is 48.9 Å². The van der Waals surface area contributed by atoms with Crippen molar-refractivity contribution in [2.24, 2.45) is 0 Å². The molecule has 1 aliphatic rings. The third kappa shape index (κ3) is 2.55. The number of hydrogen-bond acceptors (Lipinski definition) is 4. The molecule has 1 N–H and O–H groups in total. The highest BCUT2D eigenvalue weighted by atomic mass is 16.2. The molecular weight excluding hydrogens is 268 g/mol. The summed E-state index contributed by atoms with van der Waals surface area (Å²) in [4.78, 5) is 18.8. The number of H-pyrrole nitrogens is 1. The van der Waals surface area contributed by atoms with Crippen LogP contribution in [0.2, 0.25) is 0 Å². The largest absolute Gasteiger partial charge is 0.336 e. The van der Waals surface area contributed by atoms with Crippen LogP contribution in [0, 0.1) is 20.8 Å². The number of aryl methyl sites for hydroxylation is 3. The van der Waals surface area contributed by atoms with Crippen molar-refractivity contribution in [3.8, 4) is 0 Å². The van der Waals surface area contributed by atoms with Gasteiger partial charge in [0.05, 0.1) is 17.8 Å². The molecule has 1 aliphatic heterocycles. The molecule has 0 aromatic carbocycles. The van der Waals surface area contributed by atoms with E-state index in [1.165, 1.54) is 0 Å². The number of rotatable bonds is 2. The summed E-state index contributed by atoms with van der Waals surface area (Å²) in [6.45, 7) is 7.18. The summed E-state index contributed by atoms with van der Waals surface area (Å²) in [6.07, 6.45) is 3.61. The summed E-state index contributed by atoms with van der Waals surface area (Å²) in [6, 6.07) is 0.205. The Morgan fingerprint density at radius 2 is 2.19 bits per heavy atom. The molecule has 1 atom stereocenters. The summed E-state index contributed by atoms with van der Waals surface area (Å²) in [5.74, 6) is 1.73. The molecule has 1 saturated heterocycles. The summed E-state index contributed by atoms with van der Waals surface area (Å²) >= 11 is 0. The maximum atomic E-state index is 12.6. The fourth-order valence-corrected chi connectivity index (χ4v) is 2.96. The average molecular weight is 288 g/mol. The fourth-order valence-electron chi connectivity index (χ4n) is 2.96. The molecule has 3 heterocycles. The van der Waals surface area contributed by atoms with Crippen molar-refractivity contribution in [3.63, 3.8) is 0 Å². The molecule has 1 amide bonds. The van der Waals surface area contributed by atoms with E-state index < -0.39 is 0 Å². The minimum Gasteiger partial charge on any atom is -0.336 e. The number of piperidine rings is 1. The second-order valence-corrected chi connectivity index (χ2v) is 5.61. The van der Waals surface area contributed by atoms with Crippen molar-refractivity contribution in [2.45, 2.75) is 39.7 Å². The van der Waals surface area contributed by atoms with Crippen molar-refractivity contribution < 1.29 is 4.79 Å². The topological polar surface area (TPSA) is 79.7 Å². The number of carbonyl (C=O) groups is 1. The third-order valence-corrected chi connectivity index (χ3v) is 4.00. The van der Waals surface area contributed by atoms with Crippen molar-refractivity contribution in [3.05, 3.63) is 29.1 Å². The van der Waals surface area contributed by atoms with E-state index in [0.717, 1.165) is 36.7 Å². The van der Waals surface area contributed by atoms with Crippen molar-refractivity contribution in [1.29, 1.82) is 0 Å². The zero-order chi connectivity index (χ0) is 15.0. The molecule has 2 aromatic heterocycles. The Hall–Kier alpha value is -2.18. The molecular formula is C14H20N6O. The molecule has 0 aliphatic carbocycles. The van der Waals surface area contributed by atoms with Gasteiger partial charge in [-0.2, -0.15) is 10.2 Å². The van der Waals surface area contributed by atoms with Gasteiger partial charge in [0.2, 0.25) is 0 Å². The van der Waals surface area contributed by atoms with E-state index in [-0.39, 0.29) is 11.9 Å². The van der Waals surface area contributed by atoms with E-state index >= 15 is 0 Å². The number of amides is 1. The lowest BCUT2D eigenvalue weighted by atomic mass is 10.0. The van der Waals surface area contributed by atoms with Gasteiger partial charge < -0.3 is 4.90 Å². The van der Waals surface area contributed by atoms with Crippen molar-refractivity contribution >= 4 is 5.91 Å². The van der Waals surface area contributed by atoms with E-state index in [0.29, 0.717) is 12.1 Å². The first kappa shape index (κ1) is 13.8. The quantitative estimate of drug-likeness (QED) is 0.906. The first-order valence-electron chi connectivity index (χ1n) is 7.25. The predicted octanol–water partition coefficient (Wildman–Crippen LogP) is 1.40. The normalized spacial score (nSPS) is 19.0. The summed E-state index contributed by atoms with van der Waals surface area (Å²) in [5.41, 5.74) is 1.47. The Balaban J connectivity index is 1.79. The van der Waals surface area contributed by atoms with Crippen LogP contribution < -0.4 is 0 Å². The number of nitrogens with one attached hydrogen (secondary N) is 1. The lowest BCUT2D eigenvalue weighted by molar-refractivity contribution is 0.0670. The number of carbonyl (C=O) groups excluding carboxylic acids is 1. The maximum Gasteiger partial charge on any atom is 0.257 e. The van der Waals surface area contributed by atoms with Gasteiger partial charge in [-0.25, -0.2) is 9.67 Å². The SMILES string of the molecule is Cc1nc(C)n([C@H]2CCCN(C(=O)c3cn[nH]c3C)C2)n1. The zero-order valence-electron chi connectivity index (χ0n) is 12.6. The first-order chi connectivity index (χ1) is 10.1. The van der Waals surface area contributed by atoms with Crippen LogP contribution >= 0.6 is 0 Å². The minimum atomic E-state index is 0.0421. The van der Waals surface area contributed by atoms with Gasteiger partial charge in [-0.1, -0.05) is 0 Å². The molecule has 7 heteroatoms. The highest BCUT2D eigenvalue weighted by molar-refractivity contribution is 5.95. The third-order valence-electron chi connectivity index (χ3n) is 4.00. The Kier molecular flexibility index (Phi) is 3.48. The van der Waals surface area contributed by atoms with Crippen LogP contribution in [0.3, 0.4) is 0 Å². The molecule has 21 heavy (non-hydrogen) atoms. The van der Waals surface area contributed by atoms with E-state index in [4.69, 9.17) is 0 Å². The molecule has 1 fully saturated rings. The zero-order valence-corrected chi connectivity index (χ0v) is 12.6. The molecule has 0 bridgehead atoms. The van der Waals surface area contributed by atoms with Gasteiger partial charge in [0.1, 0.15) is 11.6 Å². The smallest absolute Gasteiger partial charge is 0.257 e. The van der Waals surface area contributed by atoms with Crippen LogP contribution in [0.5, 0.6) is 0 Å². The van der Waals surface area contributed by atoms with Crippen LogP contribution in [0.1, 0.15) is 46.6 Å². The standard InChI is InChI=1S/C14H20N6O/c1-9-13(7-15-17-9)14(21)19-6-4-5-12(8-19)20-11(3)16-10(2)18-20/h7,12H,4-6,8H2,1-3H3,(H,15,17)/t12-/m0/s1. The first-order valence-corrected chi connectivity index (χ1v) is 7.25. The van der Waals surface area contributed by atoms with Crippen molar-refractivity contribution in [1.82, 2.24) is 29.9 Å². The molecule has 0 saturated carbocycles. The van der Waals surface area contributed by atoms with Crippen LogP contribution in [0.4, 0.5) is 0 Å². The Morgan fingerprint density at radius 3 is 2.81 bits per heavy atom. The molecule has 3 rings (SSSR count). The van der Waals surface area contributed by atoms with Gasteiger partial charge in [-0.3, -0.25) is 9.89 Å². The Labute approximate surface area is 123 Å². The van der Waals surface area contributed by atoms with Crippen molar-refractivity contribution in [2.75, 3.05) is 13.1 Å². The molecule has 2 aromatic rings. The van der Waals surface area contributed by atoms with Gasteiger partial charge in [0, 0.05) is 18.8 Å². The van der Waals surface area contributed by atoms with Crippen LogP contribution in [0.15, 0.2) is 6.20 Å². The van der Waals surface area contributed by atoms with Gasteiger partial charge in [0.25, 0.3) is 5.91 Å². The van der Waals surface area contributed by atoms with E-state index in [9.17, 15) is 4.79 Å². The molecule has 112 valence electrons. The monoisotopic (exact) mass is 288 g/mol. The molecule has 7 nitrogen and oxygen atoms in total. The highest BCUT2D eigenvalue weighted by Gasteiger charge is 2.28. The number of likely N-dealkylation sites (tertiary alicyclic amines) is 1. The van der Waals surface area contributed by atoms with Gasteiger partial charge in [-0.05, 0) is 33.6 Å². The van der Waals surface area contributed by atoms with E-state index in [1.807, 2.05) is 30.4 Å². The summed E-state index contributed by atoms with van der Waals surface area (Å²) < 4.78 is 1.96. The molecule has 0 spiro atoms. The number of hydrogen-bond donors (Lipinski definition) is 1. The number of nitrogens with zero attached hydrogens (tertiary/aromatic N) is 5. The Morgan fingerprint density at radius 1 is 1.38 bits per heavy atom. The second kappa shape index (κ2) is 5.31. The summed E-state index contributed by atoms with van der Waals surface area (Å²) in [7, 11) is 0. The van der Waals surface area contributed by atoms with Crippen LogP contribution in [-0.2, 0) is 0 Å². The Bertz CT molecular complexity index is 658. The van der Waals surface area contributed by atoms with Gasteiger partial charge >= 0.3 is 0 Å². The number of aromatic amines is 1. The van der Waals surface area contributed by atoms with E-state index in [1.54, 1.807) is 6.20 Å². The summed E-state index contributed by atoms with van der Waals surface area (Å²) in [5, 5.41) is 11.2. The van der Waals surface area contributed by atoms with Gasteiger partial charge in [0.15, 0.2) is 0 Å². The average Bonchev–Trinajstić information content (AvgIpc) is 3.03. The highest BCUT2D eigenvalue weighted by Crippen LogP contribution is 2.23. The van der Waals surface area contributed by atoms with E-state index in [2.05, 4.69) is 20.3 Å². The van der Waals surface area contributed by atoms with Crippen LogP contribution in [0.25, 0.3) is 0 Å². The minimum absolute atomic E-state index is 0.0421. The number of aromatic nitrogens is 5. The second-order valence-electron chi connectivity index (χ2n) is 5.61. The molecule has 0 radical (unpaired) electrons. The maximum absolute atomic E-state index is 12.6. The predicted molar refractivity (Wildman–Crippen MR) is 77.0 cm³/mol. The lowest BCUT2D eigenvalue weighted by Crippen LogP contribution is -2.41. The fraction of sp³-hybridized carbons (Fsp3) is 0.571. The molecule has 0 unspecified atom stereocenters. The lowest BCUT2D eigenvalue weighted by Gasteiger charge is -2.33.